The molecule has 0 radical (unpaired) electrons. The number of aryl methyl sites for hydroxylation is 2. The number of hydrogen-bond donors (Lipinski definition) is 1. The highest BCUT2D eigenvalue weighted by Crippen LogP contribution is 2.03. The number of hydrogen-bond acceptors (Lipinski definition) is 2. The highest BCUT2D eigenvalue weighted by atomic mass is 16.1. The first-order valence-corrected chi connectivity index (χ1v) is 3.65. The van der Waals surface area contributed by atoms with Crippen molar-refractivity contribution >= 4 is 0 Å². The Balaban J connectivity index is 3.45. The van der Waals surface area contributed by atoms with Crippen LogP contribution in [0.25, 0.3) is 0 Å². The Morgan fingerprint density at radius 1 is 1.42 bits per heavy atom. The molecule has 0 amide bonds. The molecule has 1 N–H and O–H groups in total. The largest absolute Gasteiger partial charge is 0.345 e. The van der Waals surface area contributed by atoms with E-state index in [1.54, 1.807) is 13.8 Å². The number of nitrogens with zero attached hydrogens (tertiary/aromatic N) is 1. The van der Waals surface area contributed by atoms with Gasteiger partial charge in [0, 0.05) is 5.69 Å². The molecule has 1 rings (SSSR count). The lowest BCUT2D eigenvalue weighted by atomic mass is 10.2. The summed E-state index contributed by atoms with van der Waals surface area (Å²) >= 11 is 0. The molecule has 1 aromatic rings. The highest BCUT2D eigenvalue weighted by Gasteiger charge is 2.01. The van der Waals surface area contributed by atoms with E-state index in [2.05, 4.69) is 21.8 Å². The van der Waals surface area contributed by atoms with Crippen LogP contribution < -0.4 is 5.69 Å². The van der Waals surface area contributed by atoms with Gasteiger partial charge in [-0.1, -0.05) is 5.92 Å². The summed E-state index contributed by atoms with van der Waals surface area (Å²) in [5.41, 5.74) is 1.97. The minimum absolute atomic E-state index is 0.313. The van der Waals surface area contributed by atoms with Crippen molar-refractivity contribution in [1.29, 1.82) is 0 Å². The van der Waals surface area contributed by atoms with Gasteiger partial charge in [-0.05, 0) is 20.8 Å². The number of aromatic amines is 1. The summed E-state index contributed by atoms with van der Waals surface area (Å²) in [6, 6.07) is 0. The van der Waals surface area contributed by atoms with Crippen LogP contribution >= 0.6 is 0 Å². The topological polar surface area (TPSA) is 45.8 Å². The van der Waals surface area contributed by atoms with Gasteiger partial charge in [-0.25, -0.2) is 4.79 Å². The fourth-order valence-corrected chi connectivity index (χ4v) is 1.04. The van der Waals surface area contributed by atoms with Crippen LogP contribution in [0.15, 0.2) is 4.79 Å². The maximum atomic E-state index is 10.9. The Kier molecular flexibility index (Phi) is 2.29. The van der Waals surface area contributed by atoms with Crippen molar-refractivity contribution in [2.24, 2.45) is 0 Å². The van der Waals surface area contributed by atoms with E-state index in [0.717, 1.165) is 11.3 Å². The van der Waals surface area contributed by atoms with E-state index < -0.39 is 0 Å². The van der Waals surface area contributed by atoms with Gasteiger partial charge in [-0.15, -0.1) is 5.92 Å². The predicted octanol–water partition coefficient (Wildman–Crippen LogP) is 0.758. The zero-order valence-corrected chi connectivity index (χ0v) is 7.36. The molecule has 0 unspecified atom stereocenters. The summed E-state index contributed by atoms with van der Waals surface area (Å²) < 4.78 is 0. The molecule has 12 heavy (non-hydrogen) atoms. The van der Waals surface area contributed by atoms with Crippen LogP contribution in [0.3, 0.4) is 0 Å². The summed E-state index contributed by atoms with van der Waals surface area (Å²) in [4.78, 5) is 17.2. The van der Waals surface area contributed by atoms with Gasteiger partial charge in [0.05, 0.1) is 11.3 Å². The van der Waals surface area contributed by atoms with Crippen LogP contribution in [-0.2, 0) is 0 Å². The lowest BCUT2D eigenvalue weighted by Gasteiger charge is -1.99. The van der Waals surface area contributed by atoms with Gasteiger partial charge in [0.15, 0.2) is 0 Å². The van der Waals surface area contributed by atoms with Gasteiger partial charge < -0.3 is 4.98 Å². The molecule has 62 valence electrons. The third-order valence-corrected chi connectivity index (χ3v) is 1.55. The average molecular weight is 162 g/mol. The summed E-state index contributed by atoms with van der Waals surface area (Å²) in [6.45, 7) is 5.35. The second kappa shape index (κ2) is 3.22. The van der Waals surface area contributed by atoms with Crippen LogP contribution in [-0.4, -0.2) is 9.97 Å². The molecule has 0 bridgehead atoms. The minimum Gasteiger partial charge on any atom is -0.309 e. The quantitative estimate of drug-likeness (QED) is 0.572. The fraction of sp³-hybridized carbons (Fsp3) is 0.333. The Hall–Kier alpha value is -1.56. The molecule has 3 nitrogen and oxygen atoms in total. The zero-order chi connectivity index (χ0) is 9.14. The average Bonchev–Trinajstić information content (AvgIpc) is 1.96. The molecule has 0 saturated carbocycles. The Bertz CT molecular complexity index is 381. The van der Waals surface area contributed by atoms with Gasteiger partial charge in [-0.2, -0.15) is 4.98 Å². The van der Waals surface area contributed by atoms with Crippen molar-refractivity contribution in [3.63, 3.8) is 0 Å². The van der Waals surface area contributed by atoms with Gasteiger partial charge in [0.25, 0.3) is 0 Å². The fourth-order valence-electron chi connectivity index (χ4n) is 1.04. The summed E-state index contributed by atoms with van der Waals surface area (Å²) in [5, 5.41) is 0. The standard InChI is InChI=1S/C9H10N2O/c1-4-5-8-6(2)10-9(12)11-7(8)3/h1-3H3,(H,10,11,12). The summed E-state index contributed by atoms with van der Waals surface area (Å²) in [5.74, 6) is 5.66. The van der Waals surface area contributed by atoms with Gasteiger partial charge in [-0.3, -0.25) is 0 Å². The molecule has 1 heterocycles. The Morgan fingerprint density at radius 2 is 2.08 bits per heavy atom. The van der Waals surface area contributed by atoms with Crippen LogP contribution in [0.5, 0.6) is 0 Å². The smallest absolute Gasteiger partial charge is 0.309 e. The maximum absolute atomic E-state index is 10.9. The molecule has 0 atom stereocenters. The second-order valence-corrected chi connectivity index (χ2v) is 2.50. The van der Waals surface area contributed by atoms with E-state index in [4.69, 9.17) is 0 Å². The monoisotopic (exact) mass is 162 g/mol. The molecule has 1 aromatic heterocycles. The second-order valence-electron chi connectivity index (χ2n) is 2.50. The number of rotatable bonds is 0. The van der Waals surface area contributed by atoms with E-state index in [9.17, 15) is 4.79 Å². The summed E-state index contributed by atoms with van der Waals surface area (Å²) in [7, 11) is 0. The molecule has 0 aliphatic carbocycles. The Morgan fingerprint density at radius 3 is 2.58 bits per heavy atom. The van der Waals surface area contributed by atoms with Crippen LogP contribution in [0, 0.1) is 25.7 Å². The van der Waals surface area contributed by atoms with E-state index in [0.29, 0.717) is 5.69 Å². The minimum atomic E-state index is -0.313. The molecular weight excluding hydrogens is 152 g/mol. The van der Waals surface area contributed by atoms with E-state index in [1.807, 2.05) is 6.92 Å². The lowest BCUT2D eigenvalue weighted by molar-refractivity contribution is 0.977. The van der Waals surface area contributed by atoms with Gasteiger partial charge in [0.1, 0.15) is 0 Å². The third-order valence-electron chi connectivity index (χ3n) is 1.55. The van der Waals surface area contributed by atoms with Crippen molar-refractivity contribution < 1.29 is 0 Å². The number of nitrogens with one attached hydrogen (secondary N) is 1. The van der Waals surface area contributed by atoms with Gasteiger partial charge in [0.2, 0.25) is 0 Å². The molecule has 0 aliphatic rings. The molecule has 0 fully saturated rings. The van der Waals surface area contributed by atoms with Crippen molar-refractivity contribution in [2.75, 3.05) is 0 Å². The zero-order valence-electron chi connectivity index (χ0n) is 7.36. The van der Waals surface area contributed by atoms with Gasteiger partial charge >= 0.3 is 5.69 Å². The number of H-pyrrole nitrogens is 1. The van der Waals surface area contributed by atoms with Crippen LogP contribution in [0.1, 0.15) is 23.9 Å². The first-order chi connectivity index (χ1) is 5.65. The van der Waals surface area contributed by atoms with E-state index >= 15 is 0 Å². The van der Waals surface area contributed by atoms with Crippen molar-refractivity contribution in [3.8, 4) is 11.8 Å². The van der Waals surface area contributed by atoms with Crippen LogP contribution in [0.2, 0.25) is 0 Å². The number of aromatic nitrogens is 2. The normalized spacial score (nSPS) is 8.92. The molecule has 3 heteroatoms. The van der Waals surface area contributed by atoms with Crippen LogP contribution in [0.4, 0.5) is 0 Å². The first-order valence-electron chi connectivity index (χ1n) is 3.65. The SMILES string of the molecule is CC#Cc1c(C)nc(=O)[nH]c1C. The highest BCUT2D eigenvalue weighted by molar-refractivity contribution is 5.39. The molecular formula is C9H10N2O. The third kappa shape index (κ3) is 1.54. The van der Waals surface area contributed by atoms with Crippen molar-refractivity contribution in [2.45, 2.75) is 20.8 Å². The Labute approximate surface area is 70.9 Å². The van der Waals surface area contributed by atoms with E-state index in [1.165, 1.54) is 0 Å². The lowest BCUT2D eigenvalue weighted by Crippen LogP contribution is -2.14. The van der Waals surface area contributed by atoms with Crippen molar-refractivity contribution in [1.82, 2.24) is 9.97 Å². The maximum Gasteiger partial charge on any atom is 0.345 e. The summed E-state index contributed by atoms with van der Waals surface area (Å²) in [6.07, 6.45) is 0. The molecule has 0 spiro atoms. The molecule has 0 aromatic carbocycles. The first kappa shape index (κ1) is 8.54. The molecule has 0 aliphatic heterocycles. The predicted molar refractivity (Wildman–Crippen MR) is 46.9 cm³/mol. The van der Waals surface area contributed by atoms with Crippen molar-refractivity contribution in [3.05, 3.63) is 27.4 Å². The van der Waals surface area contributed by atoms with E-state index in [-0.39, 0.29) is 5.69 Å². The molecule has 0 saturated heterocycles.